The van der Waals surface area contributed by atoms with Crippen molar-refractivity contribution in [2.45, 2.75) is 26.8 Å². The summed E-state index contributed by atoms with van der Waals surface area (Å²) in [5, 5.41) is 5.32. The smallest absolute Gasteiger partial charge is 0.221 e. The molecule has 2 unspecified atom stereocenters. The number of carbonyl (C=O) groups excluding carboxylic acids is 1. The lowest BCUT2D eigenvalue weighted by Crippen LogP contribution is -2.44. The molecule has 0 spiro atoms. The molecule has 0 radical (unpaired) electrons. The van der Waals surface area contributed by atoms with Gasteiger partial charge in [0.1, 0.15) is 0 Å². The third kappa shape index (κ3) is 3.79. The van der Waals surface area contributed by atoms with Crippen LogP contribution in [-0.2, 0) is 11.3 Å². The largest absolute Gasteiger partial charge is 0.369 e. The lowest BCUT2D eigenvalue weighted by atomic mass is 9.90. The number of primary amides is 1. The van der Waals surface area contributed by atoms with Crippen molar-refractivity contribution in [3.05, 3.63) is 46.7 Å². The summed E-state index contributed by atoms with van der Waals surface area (Å²) in [7, 11) is 0. The van der Waals surface area contributed by atoms with E-state index in [2.05, 4.69) is 23.1 Å². The Morgan fingerprint density at radius 2 is 2.04 bits per heavy atom. The number of amides is 1. The molecule has 6 heteroatoms. The summed E-state index contributed by atoms with van der Waals surface area (Å²) in [4.78, 5) is 13.9. The van der Waals surface area contributed by atoms with Crippen LogP contribution in [-0.4, -0.2) is 33.7 Å². The Hall–Kier alpha value is -1.85. The maximum absolute atomic E-state index is 11.5. The Kier molecular flexibility index (Phi) is 4.92. The Balaban J connectivity index is 1.75. The number of hydrogen-bond acceptors (Lipinski definition) is 3. The summed E-state index contributed by atoms with van der Waals surface area (Å²) in [5.74, 6) is 0.225. The molecule has 2 N–H and O–H groups in total. The normalized spacial score (nSPS) is 21.8. The number of likely N-dealkylation sites (tertiary alicyclic amines) is 1. The molecular formula is C18H23ClN4O. The van der Waals surface area contributed by atoms with Gasteiger partial charge >= 0.3 is 0 Å². The Bertz CT molecular complexity index is 725. The minimum atomic E-state index is -0.194. The molecule has 0 saturated carbocycles. The molecule has 5 nitrogen and oxygen atoms in total. The SMILES string of the molecule is Cc1nn(-c2ccc(Cl)cc2)cc1CN1CC(C)CC(C(N)=O)C1. The highest BCUT2D eigenvalue weighted by molar-refractivity contribution is 6.30. The van der Waals surface area contributed by atoms with Gasteiger partial charge in [-0.1, -0.05) is 18.5 Å². The maximum Gasteiger partial charge on any atom is 0.221 e. The molecule has 1 saturated heterocycles. The summed E-state index contributed by atoms with van der Waals surface area (Å²) in [6.07, 6.45) is 2.94. The van der Waals surface area contributed by atoms with Gasteiger partial charge in [0.2, 0.25) is 5.91 Å². The minimum Gasteiger partial charge on any atom is -0.369 e. The van der Waals surface area contributed by atoms with Gasteiger partial charge in [-0.15, -0.1) is 0 Å². The van der Waals surface area contributed by atoms with Crippen LogP contribution in [0.4, 0.5) is 0 Å². The zero-order chi connectivity index (χ0) is 17.3. The number of halogens is 1. The van der Waals surface area contributed by atoms with Gasteiger partial charge in [0.05, 0.1) is 17.3 Å². The summed E-state index contributed by atoms with van der Waals surface area (Å²) in [6, 6.07) is 7.62. The first-order chi connectivity index (χ1) is 11.4. The summed E-state index contributed by atoms with van der Waals surface area (Å²) in [5.41, 5.74) is 8.66. The van der Waals surface area contributed by atoms with Crippen LogP contribution in [0.2, 0.25) is 5.02 Å². The van der Waals surface area contributed by atoms with E-state index in [0.29, 0.717) is 10.9 Å². The van der Waals surface area contributed by atoms with Gasteiger partial charge in [0, 0.05) is 36.4 Å². The number of aryl methyl sites for hydroxylation is 1. The van der Waals surface area contributed by atoms with Crippen LogP contribution < -0.4 is 5.73 Å². The van der Waals surface area contributed by atoms with Gasteiger partial charge < -0.3 is 5.73 Å². The number of carbonyl (C=O) groups is 1. The Morgan fingerprint density at radius 3 is 2.71 bits per heavy atom. The second-order valence-electron chi connectivity index (χ2n) is 6.79. The number of aromatic nitrogens is 2. The first kappa shape index (κ1) is 17.0. The molecule has 1 aliphatic heterocycles. The van der Waals surface area contributed by atoms with E-state index in [1.165, 1.54) is 5.56 Å². The third-order valence-corrected chi connectivity index (χ3v) is 4.88. The van der Waals surface area contributed by atoms with E-state index in [-0.39, 0.29) is 11.8 Å². The molecule has 2 aromatic rings. The molecule has 1 amide bonds. The van der Waals surface area contributed by atoms with Crippen LogP contribution in [0.25, 0.3) is 5.69 Å². The second-order valence-corrected chi connectivity index (χ2v) is 7.23. The van der Waals surface area contributed by atoms with Crippen LogP contribution in [0, 0.1) is 18.8 Å². The number of hydrogen-bond donors (Lipinski definition) is 1. The zero-order valence-corrected chi connectivity index (χ0v) is 14.8. The van der Waals surface area contributed by atoms with Crippen LogP contribution in [0.3, 0.4) is 0 Å². The molecule has 1 fully saturated rings. The van der Waals surface area contributed by atoms with Crippen molar-refractivity contribution in [2.24, 2.45) is 17.6 Å². The van der Waals surface area contributed by atoms with Gasteiger partial charge in [-0.3, -0.25) is 9.69 Å². The predicted molar refractivity (Wildman–Crippen MR) is 95.1 cm³/mol. The molecule has 1 aromatic carbocycles. The molecule has 0 aliphatic carbocycles. The van der Waals surface area contributed by atoms with Gasteiger partial charge in [0.15, 0.2) is 0 Å². The zero-order valence-electron chi connectivity index (χ0n) is 14.1. The molecule has 2 heterocycles. The molecule has 2 atom stereocenters. The van der Waals surface area contributed by atoms with Crippen LogP contribution >= 0.6 is 11.6 Å². The van der Waals surface area contributed by atoms with Crippen molar-refractivity contribution in [1.82, 2.24) is 14.7 Å². The topological polar surface area (TPSA) is 64.2 Å². The molecule has 1 aromatic heterocycles. The molecule has 1 aliphatic rings. The summed E-state index contributed by atoms with van der Waals surface area (Å²) in [6.45, 7) is 6.68. The van der Waals surface area contributed by atoms with Gasteiger partial charge in [-0.25, -0.2) is 4.68 Å². The lowest BCUT2D eigenvalue weighted by Gasteiger charge is -2.34. The molecule has 3 rings (SSSR count). The highest BCUT2D eigenvalue weighted by atomic mass is 35.5. The van der Waals surface area contributed by atoms with Crippen LogP contribution in [0.1, 0.15) is 24.6 Å². The van der Waals surface area contributed by atoms with Crippen LogP contribution in [0.15, 0.2) is 30.5 Å². The lowest BCUT2D eigenvalue weighted by molar-refractivity contribution is -0.124. The first-order valence-corrected chi connectivity index (χ1v) is 8.63. The van der Waals surface area contributed by atoms with Gasteiger partial charge in [0.25, 0.3) is 0 Å². The van der Waals surface area contributed by atoms with E-state index in [4.69, 9.17) is 17.3 Å². The van der Waals surface area contributed by atoms with E-state index in [9.17, 15) is 4.79 Å². The average Bonchev–Trinajstić information content (AvgIpc) is 2.88. The van der Waals surface area contributed by atoms with E-state index in [0.717, 1.165) is 37.4 Å². The molecule has 24 heavy (non-hydrogen) atoms. The second kappa shape index (κ2) is 6.95. The molecular weight excluding hydrogens is 324 g/mol. The van der Waals surface area contributed by atoms with Crippen molar-refractivity contribution in [3.63, 3.8) is 0 Å². The van der Waals surface area contributed by atoms with Crippen molar-refractivity contribution in [1.29, 1.82) is 0 Å². The maximum atomic E-state index is 11.5. The van der Waals surface area contributed by atoms with Crippen molar-refractivity contribution < 1.29 is 4.79 Å². The van der Waals surface area contributed by atoms with E-state index in [1.807, 2.05) is 35.9 Å². The van der Waals surface area contributed by atoms with Crippen LogP contribution in [0.5, 0.6) is 0 Å². The molecule has 128 valence electrons. The fraction of sp³-hybridized carbons (Fsp3) is 0.444. The van der Waals surface area contributed by atoms with Crippen molar-refractivity contribution in [2.75, 3.05) is 13.1 Å². The van der Waals surface area contributed by atoms with E-state index < -0.39 is 0 Å². The summed E-state index contributed by atoms with van der Waals surface area (Å²) >= 11 is 5.94. The van der Waals surface area contributed by atoms with E-state index in [1.54, 1.807) is 0 Å². The quantitative estimate of drug-likeness (QED) is 0.925. The minimum absolute atomic E-state index is 0.0552. The van der Waals surface area contributed by atoms with Gasteiger partial charge in [-0.2, -0.15) is 5.10 Å². The predicted octanol–water partition coefficient (Wildman–Crippen LogP) is 2.78. The number of benzene rings is 1. The number of piperidine rings is 1. The van der Waals surface area contributed by atoms with E-state index >= 15 is 0 Å². The number of nitrogens with zero attached hydrogens (tertiary/aromatic N) is 3. The highest BCUT2D eigenvalue weighted by Crippen LogP contribution is 2.24. The fourth-order valence-corrected chi connectivity index (χ4v) is 3.54. The number of nitrogens with two attached hydrogens (primary N) is 1. The average molecular weight is 347 g/mol. The van der Waals surface area contributed by atoms with Crippen molar-refractivity contribution >= 4 is 17.5 Å². The molecule has 0 bridgehead atoms. The third-order valence-electron chi connectivity index (χ3n) is 4.62. The highest BCUT2D eigenvalue weighted by Gasteiger charge is 2.28. The standard InChI is InChI=1S/C18H23ClN4O/c1-12-7-14(18(20)24)9-22(8-12)10-15-11-23(21-13(15)2)17-5-3-16(19)4-6-17/h3-6,11-12,14H,7-10H2,1-2H3,(H2,20,24). The number of rotatable bonds is 4. The van der Waals surface area contributed by atoms with Gasteiger partial charge in [-0.05, 0) is 43.5 Å². The first-order valence-electron chi connectivity index (χ1n) is 8.25. The Labute approximate surface area is 147 Å². The fourth-order valence-electron chi connectivity index (χ4n) is 3.41. The summed E-state index contributed by atoms with van der Waals surface area (Å²) < 4.78 is 1.87. The monoisotopic (exact) mass is 346 g/mol. The van der Waals surface area contributed by atoms with Crippen molar-refractivity contribution in [3.8, 4) is 5.69 Å². The Morgan fingerprint density at radius 1 is 1.33 bits per heavy atom.